The number of likely N-dealkylation sites (tertiary alicyclic amines) is 1. The zero-order chi connectivity index (χ0) is 17.2. The predicted molar refractivity (Wildman–Crippen MR) is 87.4 cm³/mol. The first-order valence-electron chi connectivity index (χ1n) is 8.18. The number of piperidine rings is 1. The van der Waals surface area contributed by atoms with Crippen LogP contribution in [0.4, 0.5) is 8.78 Å². The summed E-state index contributed by atoms with van der Waals surface area (Å²) in [5.41, 5.74) is 0.357. The number of hydrogen-bond acceptors (Lipinski definition) is 2. The van der Waals surface area contributed by atoms with E-state index in [1.807, 2.05) is 0 Å². The fourth-order valence-electron chi connectivity index (χ4n) is 3.60. The van der Waals surface area contributed by atoms with Crippen LogP contribution in [0.3, 0.4) is 0 Å². The van der Waals surface area contributed by atoms with E-state index in [2.05, 4.69) is 20.5 Å². The second kappa shape index (κ2) is 6.75. The van der Waals surface area contributed by atoms with Crippen LogP contribution < -0.4 is 10.6 Å². The quantitative estimate of drug-likeness (QED) is 0.638. The zero-order valence-electron chi connectivity index (χ0n) is 13.7. The van der Waals surface area contributed by atoms with E-state index in [4.69, 9.17) is 0 Å². The van der Waals surface area contributed by atoms with Crippen LogP contribution in [0.2, 0.25) is 0 Å². The molecule has 3 rings (SSSR count). The Kier molecular flexibility index (Phi) is 4.69. The van der Waals surface area contributed by atoms with Crippen LogP contribution in [0.25, 0.3) is 0 Å². The Morgan fingerprint density at radius 2 is 2.29 bits per heavy atom. The molecular weight excluding hydrogens is 314 g/mol. The van der Waals surface area contributed by atoms with E-state index in [9.17, 15) is 13.6 Å². The first-order valence-corrected chi connectivity index (χ1v) is 8.18. The molecule has 130 valence electrons. The van der Waals surface area contributed by atoms with Crippen LogP contribution in [0.5, 0.6) is 0 Å². The number of nitrogens with zero attached hydrogens (tertiary/aromatic N) is 2. The Morgan fingerprint density at radius 1 is 1.46 bits per heavy atom. The maximum absolute atomic E-state index is 13.8. The van der Waals surface area contributed by atoms with Crippen molar-refractivity contribution in [2.45, 2.75) is 25.8 Å². The van der Waals surface area contributed by atoms with Gasteiger partial charge in [0.2, 0.25) is 5.91 Å². The van der Waals surface area contributed by atoms with E-state index in [1.54, 1.807) is 7.05 Å². The van der Waals surface area contributed by atoms with Crippen molar-refractivity contribution >= 4 is 11.9 Å². The lowest BCUT2D eigenvalue weighted by molar-refractivity contribution is -0.119. The molecule has 1 unspecified atom stereocenters. The molecule has 5 nitrogen and oxygen atoms in total. The van der Waals surface area contributed by atoms with Crippen molar-refractivity contribution in [3.63, 3.8) is 0 Å². The highest BCUT2D eigenvalue weighted by Gasteiger charge is 2.42. The molecule has 0 aromatic heterocycles. The van der Waals surface area contributed by atoms with Crippen molar-refractivity contribution < 1.29 is 13.6 Å². The molecule has 1 aromatic rings. The molecule has 0 radical (unpaired) electrons. The van der Waals surface area contributed by atoms with Crippen LogP contribution >= 0.6 is 0 Å². The Hall–Kier alpha value is -2.18. The normalized spacial score (nSPS) is 24.4. The molecule has 0 aliphatic carbocycles. The van der Waals surface area contributed by atoms with Gasteiger partial charge in [0.05, 0.1) is 0 Å². The number of halogens is 2. The maximum atomic E-state index is 13.8. The number of carbonyl (C=O) groups is 1. The predicted octanol–water partition coefficient (Wildman–Crippen LogP) is 1.64. The first kappa shape index (κ1) is 16.7. The van der Waals surface area contributed by atoms with Crippen LogP contribution in [-0.2, 0) is 11.3 Å². The number of amides is 1. The molecule has 2 N–H and O–H groups in total. The lowest BCUT2D eigenvalue weighted by Crippen LogP contribution is -2.51. The second-order valence-electron chi connectivity index (χ2n) is 6.62. The van der Waals surface area contributed by atoms with Crippen molar-refractivity contribution in [1.82, 2.24) is 15.5 Å². The van der Waals surface area contributed by atoms with Gasteiger partial charge in [-0.2, -0.15) is 0 Å². The lowest BCUT2D eigenvalue weighted by atomic mass is 9.79. The van der Waals surface area contributed by atoms with E-state index >= 15 is 0 Å². The topological polar surface area (TPSA) is 56.7 Å². The van der Waals surface area contributed by atoms with Gasteiger partial charge in [-0.1, -0.05) is 6.07 Å². The third kappa shape index (κ3) is 3.49. The summed E-state index contributed by atoms with van der Waals surface area (Å²) in [4.78, 5) is 18.0. The Labute approximate surface area is 140 Å². The lowest BCUT2D eigenvalue weighted by Gasteiger charge is -2.40. The summed E-state index contributed by atoms with van der Waals surface area (Å²) in [6.07, 6.45) is 2.56. The number of benzene rings is 1. The zero-order valence-corrected chi connectivity index (χ0v) is 13.7. The minimum absolute atomic E-state index is 0.0337. The van der Waals surface area contributed by atoms with Crippen molar-refractivity contribution in [3.8, 4) is 0 Å². The first-order chi connectivity index (χ1) is 11.5. The summed E-state index contributed by atoms with van der Waals surface area (Å²) >= 11 is 0. The molecule has 2 heterocycles. The van der Waals surface area contributed by atoms with Gasteiger partial charge in [-0.3, -0.25) is 9.79 Å². The highest BCUT2D eigenvalue weighted by molar-refractivity contribution is 5.81. The SMILES string of the molecule is CN=C(NCc1ccc(F)cc1F)N1CCCC2(CNC(=O)C2)C1. The Morgan fingerprint density at radius 3 is 2.96 bits per heavy atom. The highest BCUT2D eigenvalue weighted by atomic mass is 19.1. The molecule has 7 heteroatoms. The molecule has 1 aromatic carbocycles. The van der Waals surface area contributed by atoms with Crippen molar-refractivity contribution in [2.24, 2.45) is 10.4 Å². The summed E-state index contributed by atoms with van der Waals surface area (Å²) in [5, 5.41) is 6.06. The smallest absolute Gasteiger partial charge is 0.220 e. The third-order valence-electron chi connectivity index (χ3n) is 4.82. The largest absolute Gasteiger partial charge is 0.355 e. The van der Waals surface area contributed by atoms with Gasteiger partial charge in [-0.15, -0.1) is 0 Å². The van der Waals surface area contributed by atoms with Gasteiger partial charge in [0, 0.05) is 56.7 Å². The summed E-state index contributed by atoms with van der Waals surface area (Å²) in [7, 11) is 1.68. The number of hydrogen-bond donors (Lipinski definition) is 2. The van der Waals surface area contributed by atoms with Crippen molar-refractivity contribution in [1.29, 1.82) is 0 Å². The van der Waals surface area contributed by atoms with Gasteiger partial charge >= 0.3 is 0 Å². The van der Waals surface area contributed by atoms with Crippen LogP contribution in [-0.4, -0.2) is 43.4 Å². The molecule has 2 fully saturated rings. The molecule has 1 spiro atoms. The third-order valence-corrected chi connectivity index (χ3v) is 4.82. The number of nitrogens with one attached hydrogen (secondary N) is 2. The fourth-order valence-corrected chi connectivity index (χ4v) is 3.60. The number of aliphatic imine (C=N–C) groups is 1. The minimum atomic E-state index is -0.586. The summed E-state index contributed by atoms with van der Waals surface area (Å²) < 4.78 is 26.7. The number of carbonyl (C=O) groups excluding carboxylic acids is 1. The summed E-state index contributed by atoms with van der Waals surface area (Å²) in [6, 6.07) is 3.56. The molecule has 2 saturated heterocycles. The van der Waals surface area contributed by atoms with Gasteiger partial charge in [0.25, 0.3) is 0 Å². The Balaban J connectivity index is 1.64. The van der Waals surface area contributed by atoms with Gasteiger partial charge in [-0.05, 0) is 18.9 Å². The molecule has 2 aliphatic rings. The molecule has 2 aliphatic heterocycles. The second-order valence-corrected chi connectivity index (χ2v) is 6.62. The molecule has 1 atom stereocenters. The standard InChI is InChI=1S/C17H22F2N4O/c1-20-16(21-9-12-3-4-13(18)7-14(12)19)23-6-2-5-17(11-23)8-15(24)22-10-17/h3-4,7H,2,5-6,8-11H2,1H3,(H,20,21)(H,22,24). The van der Waals surface area contributed by atoms with Crippen LogP contribution in [0.15, 0.2) is 23.2 Å². The van der Waals surface area contributed by atoms with E-state index in [0.717, 1.165) is 32.0 Å². The van der Waals surface area contributed by atoms with Gasteiger partial charge in [0.1, 0.15) is 11.6 Å². The highest BCUT2D eigenvalue weighted by Crippen LogP contribution is 2.35. The van der Waals surface area contributed by atoms with E-state index in [1.165, 1.54) is 12.1 Å². The summed E-state index contributed by atoms with van der Waals surface area (Å²) in [5.74, 6) is -0.374. The average molecular weight is 336 g/mol. The van der Waals surface area contributed by atoms with E-state index < -0.39 is 11.6 Å². The van der Waals surface area contributed by atoms with E-state index in [-0.39, 0.29) is 17.9 Å². The van der Waals surface area contributed by atoms with Crippen LogP contribution in [0, 0.1) is 17.0 Å². The molecule has 1 amide bonds. The van der Waals surface area contributed by atoms with Gasteiger partial charge in [-0.25, -0.2) is 8.78 Å². The minimum Gasteiger partial charge on any atom is -0.355 e. The molecule has 24 heavy (non-hydrogen) atoms. The number of guanidine groups is 1. The Bertz CT molecular complexity index is 664. The van der Waals surface area contributed by atoms with E-state index in [0.29, 0.717) is 24.5 Å². The number of rotatable bonds is 2. The average Bonchev–Trinajstić information content (AvgIpc) is 2.90. The molecule has 0 bridgehead atoms. The van der Waals surface area contributed by atoms with Gasteiger partial charge < -0.3 is 15.5 Å². The van der Waals surface area contributed by atoms with Crippen LogP contribution in [0.1, 0.15) is 24.8 Å². The van der Waals surface area contributed by atoms with Crippen molar-refractivity contribution in [2.75, 3.05) is 26.7 Å². The molecule has 0 saturated carbocycles. The summed E-state index contributed by atoms with van der Waals surface area (Å²) in [6.45, 7) is 2.53. The molecular formula is C17H22F2N4O. The fraction of sp³-hybridized carbons (Fsp3) is 0.529. The maximum Gasteiger partial charge on any atom is 0.220 e. The monoisotopic (exact) mass is 336 g/mol. The van der Waals surface area contributed by atoms with Crippen molar-refractivity contribution in [3.05, 3.63) is 35.4 Å². The van der Waals surface area contributed by atoms with Gasteiger partial charge in [0.15, 0.2) is 5.96 Å².